The Labute approximate surface area is 191 Å². The summed E-state index contributed by atoms with van der Waals surface area (Å²) in [6.45, 7) is 1.44. The van der Waals surface area contributed by atoms with Crippen LogP contribution in [0.1, 0.15) is 21.5 Å². The molecule has 6 nitrogen and oxygen atoms in total. The molecule has 0 bridgehead atoms. The fraction of sp³-hybridized carbons (Fsp3) is 0.364. The summed E-state index contributed by atoms with van der Waals surface area (Å²) < 4.78 is 0. The second-order valence-electron chi connectivity index (χ2n) is 7.06. The van der Waals surface area contributed by atoms with Crippen molar-refractivity contribution in [2.24, 2.45) is 4.99 Å². The summed E-state index contributed by atoms with van der Waals surface area (Å²) in [5, 5.41) is 6.65. The van der Waals surface area contributed by atoms with Gasteiger partial charge in [-0.05, 0) is 41.8 Å². The Hall–Kier alpha value is -2.29. The summed E-state index contributed by atoms with van der Waals surface area (Å²) in [4.78, 5) is 20.0. The van der Waals surface area contributed by atoms with Crippen molar-refractivity contribution < 1.29 is 4.79 Å². The minimum atomic E-state index is 0. The van der Waals surface area contributed by atoms with Gasteiger partial charge in [0, 0.05) is 59.6 Å². The van der Waals surface area contributed by atoms with Crippen molar-refractivity contribution in [2.75, 3.05) is 46.7 Å². The summed E-state index contributed by atoms with van der Waals surface area (Å²) in [7, 11) is 9.36. The van der Waals surface area contributed by atoms with E-state index in [-0.39, 0.29) is 29.9 Å². The standard InChI is InChI=1S/C22H31N5O.HI/c1-23-22(25-16-18-9-11-20(12-10-18)26(2)3)24-14-13-17-7-6-8-19(15-17)21(28)27(4)5;/h6-12,15H,13-14,16H2,1-5H3,(H2,23,24,25);1H. The molecule has 29 heavy (non-hydrogen) atoms. The first-order valence-electron chi connectivity index (χ1n) is 9.42. The molecule has 0 heterocycles. The Bertz CT molecular complexity index is 803. The van der Waals surface area contributed by atoms with E-state index in [1.165, 1.54) is 11.3 Å². The van der Waals surface area contributed by atoms with E-state index in [0.717, 1.165) is 24.5 Å². The van der Waals surface area contributed by atoms with Crippen molar-refractivity contribution in [1.82, 2.24) is 15.5 Å². The molecule has 2 aromatic carbocycles. The predicted octanol–water partition coefficient (Wildman–Crippen LogP) is 2.98. The van der Waals surface area contributed by atoms with Crippen LogP contribution in [0.15, 0.2) is 53.5 Å². The van der Waals surface area contributed by atoms with Crippen LogP contribution >= 0.6 is 24.0 Å². The number of benzene rings is 2. The number of carbonyl (C=O) groups is 1. The number of nitrogens with one attached hydrogen (secondary N) is 2. The first kappa shape index (κ1) is 24.7. The number of halogens is 1. The van der Waals surface area contributed by atoms with E-state index < -0.39 is 0 Å². The van der Waals surface area contributed by atoms with Gasteiger partial charge < -0.3 is 20.4 Å². The highest BCUT2D eigenvalue weighted by molar-refractivity contribution is 14.0. The lowest BCUT2D eigenvalue weighted by atomic mass is 10.1. The number of hydrogen-bond donors (Lipinski definition) is 2. The predicted molar refractivity (Wildman–Crippen MR) is 133 cm³/mol. The van der Waals surface area contributed by atoms with Crippen LogP contribution in [0.5, 0.6) is 0 Å². The zero-order valence-electron chi connectivity index (χ0n) is 17.9. The number of carbonyl (C=O) groups excluding carboxylic acids is 1. The fourth-order valence-electron chi connectivity index (χ4n) is 2.76. The molecular formula is C22H32IN5O. The van der Waals surface area contributed by atoms with Crippen molar-refractivity contribution in [3.63, 3.8) is 0 Å². The van der Waals surface area contributed by atoms with Crippen LogP contribution in [-0.2, 0) is 13.0 Å². The molecule has 2 rings (SSSR count). The minimum Gasteiger partial charge on any atom is -0.378 e. The third-order valence-electron chi connectivity index (χ3n) is 4.42. The normalized spacial score (nSPS) is 10.7. The molecule has 0 aliphatic carbocycles. The van der Waals surface area contributed by atoms with Crippen LogP contribution < -0.4 is 15.5 Å². The molecule has 0 unspecified atom stereocenters. The number of aliphatic imine (C=N–C) groups is 1. The molecule has 0 spiro atoms. The maximum absolute atomic E-state index is 12.1. The lowest BCUT2D eigenvalue weighted by Crippen LogP contribution is -2.37. The van der Waals surface area contributed by atoms with Gasteiger partial charge in [0.1, 0.15) is 0 Å². The van der Waals surface area contributed by atoms with Gasteiger partial charge in [-0.1, -0.05) is 24.3 Å². The van der Waals surface area contributed by atoms with Gasteiger partial charge in [0.15, 0.2) is 5.96 Å². The first-order valence-corrected chi connectivity index (χ1v) is 9.42. The summed E-state index contributed by atoms with van der Waals surface area (Å²) in [6, 6.07) is 16.2. The largest absolute Gasteiger partial charge is 0.378 e. The lowest BCUT2D eigenvalue weighted by molar-refractivity contribution is 0.0827. The van der Waals surface area contributed by atoms with E-state index in [4.69, 9.17) is 0 Å². The molecule has 1 amide bonds. The Kier molecular flexibility index (Phi) is 10.5. The minimum absolute atomic E-state index is 0. The monoisotopic (exact) mass is 509 g/mol. The van der Waals surface area contributed by atoms with Crippen molar-refractivity contribution in [2.45, 2.75) is 13.0 Å². The number of rotatable bonds is 7. The number of amides is 1. The molecule has 0 saturated carbocycles. The molecule has 0 atom stereocenters. The highest BCUT2D eigenvalue weighted by Gasteiger charge is 2.08. The maximum Gasteiger partial charge on any atom is 0.253 e. The molecule has 2 N–H and O–H groups in total. The highest BCUT2D eigenvalue weighted by atomic mass is 127. The van der Waals surface area contributed by atoms with Crippen molar-refractivity contribution in [3.05, 3.63) is 65.2 Å². The van der Waals surface area contributed by atoms with E-state index in [0.29, 0.717) is 12.1 Å². The Morgan fingerprint density at radius 3 is 2.24 bits per heavy atom. The highest BCUT2D eigenvalue weighted by Crippen LogP contribution is 2.12. The van der Waals surface area contributed by atoms with Crippen LogP contribution in [0.3, 0.4) is 0 Å². The van der Waals surface area contributed by atoms with Gasteiger partial charge in [0.2, 0.25) is 0 Å². The summed E-state index contributed by atoms with van der Waals surface area (Å²) >= 11 is 0. The Morgan fingerprint density at radius 1 is 0.966 bits per heavy atom. The number of anilines is 1. The summed E-state index contributed by atoms with van der Waals surface area (Å²) in [5.41, 5.74) is 4.21. The zero-order valence-corrected chi connectivity index (χ0v) is 20.2. The molecule has 0 fully saturated rings. The van der Waals surface area contributed by atoms with Crippen LogP contribution in [0.4, 0.5) is 5.69 Å². The summed E-state index contributed by atoms with van der Waals surface area (Å²) in [5.74, 6) is 0.782. The Morgan fingerprint density at radius 2 is 1.66 bits per heavy atom. The average molecular weight is 509 g/mol. The van der Waals surface area contributed by atoms with E-state index >= 15 is 0 Å². The molecule has 0 saturated heterocycles. The Balaban J connectivity index is 0.00000420. The van der Waals surface area contributed by atoms with E-state index in [2.05, 4.69) is 44.8 Å². The third-order valence-corrected chi connectivity index (χ3v) is 4.42. The molecule has 2 aromatic rings. The van der Waals surface area contributed by atoms with E-state index in [9.17, 15) is 4.79 Å². The topological polar surface area (TPSA) is 60.0 Å². The smallest absolute Gasteiger partial charge is 0.253 e. The van der Waals surface area contributed by atoms with Crippen molar-refractivity contribution >= 4 is 41.5 Å². The van der Waals surface area contributed by atoms with Crippen LogP contribution in [0, 0.1) is 0 Å². The quantitative estimate of drug-likeness (QED) is 0.343. The second kappa shape index (κ2) is 12.3. The maximum atomic E-state index is 12.1. The van der Waals surface area contributed by atoms with Crippen LogP contribution in [0.2, 0.25) is 0 Å². The van der Waals surface area contributed by atoms with E-state index in [1.54, 1.807) is 26.0 Å². The molecule has 0 aliphatic rings. The SMILES string of the molecule is CN=C(NCCc1cccc(C(=O)N(C)C)c1)NCc1ccc(N(C)C)cc1.I. The van der Waals surface area contributed by atoms with Gasteiger partial charge in [-0.2, -0.15) is 0 Å². The van der Waals surface area contributed by atoms with Gasteiger partial charge in [-0.3, -0.25) is 9.79 Å². The first-order chi connectivity index (χ1) is 13.4. The number of hydrogen-bond acceptors (Lipinski definition) is 3. The van der Waals surface area contributed by atoms with Gasteiger partial charge in [0.05, 0.1) is 0 Å². The molecule has 7 heteroatoms. The fourth-order valence-corrected chi connectivity index (χ4v) is 2.76. The van der Waals surface area contributed by atoms with Crippen molar-refractivity contribution in [3.8, 4) is 0 Å². The number of guanidine groups is 1. The third kappa shape index (κ3) is 7.92. The van der Waals surface area contributed by atoms with Gasteiger partial charge >= 0.3 is 0 Å². The van der Waals surface area contributed by atoms with Gasteiger partial charge in [0.25, 0.3) is 5.91 Å². The molecule has 0 aliphatic heterocycles. The van der Waals surface area contributed by atoms with Gasteiger partial charge in [-0.25, -0.2) is 0 Å². The number of nitrogens with zero attached hydrogens (tertiary/aromatic N) is 3. The molecule has 0 radical (unpaired) electrons. The average Bonchev–Trinajstić information content (AvgIpc) is 2.70. The van der Waals surface area contributed by atoms with E-state index in [1.807, 2.05) is 38.4 Å². The molecule has 0 aromatic heterocycles. The lowest BCUT2D eigenvalue weighted by Gasteiger charge is -2.15. The molecule has 158 valence electrons. The molecular weight excluding hydrogens is 477 g/mol. The van der Waals surface area contributed by atoms with Crippen molar-refractivity contribution in [1.29, 1.82) is 0 Å². The van der Waals surface area contributed by atoms with Crippen LogP contribution in [-0.4, -0.2) is 58.5 Å². The van der Waals surface area contributed by atoms with Crippen LogP contribution in [0.25, 0.3) is 0 Å². The summed E-state index contributed by atoms with van der Waals surface area (Å²) in [6.07, 6.45) is 0.812. The van der Waals surface area contributed by atoms with Gasteiger partial charge in [-0.15, -0.1) is 24.0 Å². The zero-order chi connectivity index (χ0) is 20.5. The second-order valence-corrected chi connectivity index (χ2v) is 7.06.